The van der Waals surface area contributed by atoms with Crippen molar-refractivity contribution in [2.45, 2.75) is 58.8 Å². The van der Waals surface area contributed by atoms with Crippen molar-refractivity contribution in [2.24, 2.45) is 11.8 Å². The molecule has 1 rings (SSSR count). The maximum atomic E-state index is 11.4. The lowest BCUT2D eigenvalue weighted by Gasteiger charge is -2.15. The Balaban J connectivity index is 2.34. The highest BCUT2D eigenvalue weighted by Gasteiger charge is 2.39. The molecule has 4 nitrogen and oxygen atoms in total. The number of hydrogen-bond donors (Lipinski definition) is 1. The van der Waals surface area contributed by atoms with Gasteiger partial charge in [-0.25, -0.2) is 0 Å². The van der Waals surface area contributed by atoms with Gasteiger partial charge in [0, 0.05) is 0 Å². The van der Waals surface area contributed by atoms with E-state index in [0.717, 1.165) is 12.8 Å². The molecule has 0 aromatic carbocycles. The first kappa shape index (κ1) is 14.9. The Kier molecular flexibility index (Phi) is 6.02. The van der Waals surface area contributed by atoms with Crippen molar-refractivity contribution in [2.75, 3.05) is 0 Å². The molecule has 18 heavy (non-hydrogen) atoms. The second-order valence-corrected chi connectivity index (χ2v) is 5.11. The van der Waals surface area contributed by atoms with Crippen molar-refractivity contribution in [3.05, 3.63) is 0 Å². The summed E-state index contributed by atoms with van der Waals surface area (Å²) in [7, 11) is 0. The number of carbonyl (C=O) groups excluding carboxylic acids is 3. The third kappa shape index (κ3) is 3.93. The zero-order chi connectivity index (χ0) is 13.5. The van der Waals surface area contributed by atoms with Crippen LogP contribution in [-0.4, -0.2) is 17.6 Å². The molecule has 1 aliphatic heterocycles. The number of hydrogen-bond acceptors (Lipinski definition) is 3. The predicted molar refractivity (Wildman–Crippen MR) is 68.8 cm³/mol. The average Bonchev–Trinajstić information content (AvgIpc) is 2.56. The van der Waals surface area contributed by atoms with Crippen molar-refractivity contribution in [1.82, 2.24) is 5.32 Å². The number of carbonyl (C=O) groups is 3. The maximum Gasteiger partial charge on any atom is 0.294 e. The van der Waals surface area contributed by atoms with E-state index < -0.39 is 23.5 Å². The van der Waals surface area contributed by atoms with Crippen LogP contribution in [0.4, 0.5) is 0 Å². The van der Waals surface area contributed by atoms with E-state index in [0.29, 0.717) is 12.3 Å². The summed E-state index contributed by atoms with van der Waals surface area (Å²) in [5, 5.41) is 2.08. The molecule has 1 saturated heterocycles. The van der Waals surface area contributed by atoms with Gasteiger partial charge in [0.05, 0.1) is 0 Å². The lowest BCUT2D eigenvalue weighted by atomic mass is 9.90. The molecule has 0 saturated carbocycles. The maximum absolute atomic E-state index is 11.4. The Morgan fingerprint density at radius 2 is 1.67 bits per heavy atom. The Morgan fingerprint density at radius 3 is 2.11 bits per heavy atom. The number of ketones is 1. The topological polar surface area (TPSA) is 63.2 Å². The van der Waals surface area contributed by atoms with E-state index in [4.69, 9.17) is 0 Å². The van der Waals surface area contributed by atoms with Crippen LogP contribution in [-0.2, 0) is 14.4 Å². The first-order valence-corrected chi connectivity index (χ1v) is 6.99. The third-order valence-corrected chi connectivity index (χ3v) is 3.59. The van der Waals surface area contributed by atoms with Gasteiger partial charge in [-0.2, -0.15) is 0 Å². The summed E-state index contributed by atoms with van der Waals surface area (Å²) >= 11 is 0. The van der Waals surface area contributed by atoms with E-state index in [1.54, 1.807) is 0 Å². The lowest BCUT2D eigenvalue weighted by molar-refractivity contribution is -0.136. The molecule has 1 fully saturated rings. The van der Waals surface area contributed by atoms with Gasteiger partial charge in [0.15, 0.2) is 0 Å². The normalized spacial score (nSPS) is 19.7. The number of Topliss-reactive ketones (excluding diaryl/α,β-unsaturated/α-hetero) is 1. The van der Waals surface area contributed by atoms with Gasteiger partial charge in [0.25, 0.3) is 5.91 Å². The molecule has 102 valence electrons. The second-order valence-electron chi connectivity index (χ2n) is 5.11. The summed E-state index contributed by atoms with van der Waals surface area (Å²) in [6.45, 7) is 4.35. The van der Waals surface area contributed by atoms with E-state index in [1.165, 1.54) is 25.7 Å². The molecule has 1 unspecified atom stereocenters. The molecule has 1 N–H and O–H groups in total. The van der Waals surface area contributed by atoms with Crippen LogP contribution in [0.1, 0.15) is 58.8 Å². The van der Waals surface area contributed by atoms with Crippen LogP contribution in [0, 0.1) is 11.8 Å². The van der Waals surface area contributed by atoms with Crippen LogP contribution in [0.15, 0.2) is 0 Å². The quantitative estimate of drug-likeness (QED) is 0.410. The van der Waals surface area contributed by atoms with Gasteiger partial charge in [0.2, 0.25) is 11.7 Å². The summed E-state index contributed by atoms with van der Waals surface area (Å²) in [5.41, 5.74) is 0. The molecule has 0 aromatic heterocycles. The van der Waals surface area contributed by atoms with Gasteiger partial charge in [-0.05, 0) is 12.3 Å². The minimum atomic E-state index is -0.733. The summed E-state index contributed by atoms with van der Waals surface area (Å²) in [4.78, 5) is 33.8. The van der Waals surface area contributed by atoms with Crippen LogP contribution in [0.3, 0.4) is 0 Å². The first-order valence-electron chi connectivity index (χ1n) is 6.99. The monoisotopic (exact) mass is 253 g/mol. The fourth-order valence-corrected chi connectivity index (χ4v) is 2.66. The Hall–Kier alpha value is -1.19. The number of rotatable bonds is 8. The highest BCUT2D eigenvalue weighted by molar-refractivity contribution is 6.48. The Morgan fingerprint density at radius 1 is 1.06 bits per heavy atom. The molecule has 0 radical (unpaired) electrons. The molecule has 0 bridgehead atoms. The van der Waals surface area contributed by atoms with E-state index in [1.807, 2.05) is 0 Å². The summed E-state index contributed by atoms with van der Waals surface area (Å²) in [6.07, 6.45) is 7.17. The molecule has 0 aromatic rings. The smallest absolute Gasteiger partial charge is 0.289 e. The Bertz CT molecular complexity index is 319. The molecule has 0 spiro atoms. The van der Waals surface area contributed by atoms with Crippen molar-refractivity contribution in [3.63, 3.8) is 0 Å². The van der Waals surface area contributed by atoms with Crippen LogP contribution in [0.2, 0.25) is 0 Å². The molecular weight excluding hydrogens is 230 g/mol. The molecule has 1 aliphatic rings. The van der Waals surface area contributed by atoms with Crippen molar-refractivity contribution >= 4 is 17.6 Å². The minimum Gasteiger partial charge on any atom is -0.289 e. The molecule has 2 amide bonds. The Labute approximate surface area is 109 Å². The van der Waals surface area contributed by atoms with Gasteiger partial charge in [-0.1, -0.05) is 52.4 Å². The lowest BCUT2D eigenvalue weighted by Crippen LogP contribution is -2.22. The number of imide groups is 1. The van der Waals surface area contributed by atoms with E-state index in [2.05, 4.69) is 19.2 Å². The average molecular weight is 253 g/mol. The minimum absolute atomic E-state index is 0.410. The second kappa shape index (κ2) is 7.29. The van der Waals surface area contributed by atoms with Gasteiger partial charge >= 0.3 is 0 Å². The van der Waals surface area contributed by atoms with Crippen molar-refractivity contribution < 1.29 is 14.4 Å². The zero-order valence-electron chi connectivity index (χ0n) is 11.3. The van der Waals surface area contributed by atoms with Crippen LogP contribution in [0.25, 0.3) is 0 Å². The van der Waals surface area contributed by atoms with Gasteiger partial charge in [0.1, 0.15) is 5.92 Å². The molecule has 0 aliphatic carbocycles. The SMILES string of the molecule is CCCC(CCC)CCCC1C(=O)NC(=O)C1=O. The van der Waals surface area contributed by atoms with Gasteiger partial charge in [-0.15, -0.1) is 0 Å². The molecule has 1 atom stereocenters. The number of amides is 2. The molecule has 4 heteroatoms. The summed E-state index contributed by atoms with van der Waals surface area (Å²) in [6, 6.07) is 0. The standard InChI is InChI=1S/C14H23NO3/c1-3-6-10(7-4-2)8-5-9-11-12(16)14(18)15-13(11)17/h10-11H,3-9H2,1-2H3,(H,15,17,18). The molecular formula is C14H23NO3. The fourth-order valence-electron chi connectivity index (χ4n) is 2.66. The molecule has 1 heterocycles. The van der Waals surface area contributed by atoms with Crippen LogP contribution < -0.4 is 5.32 Å². The fraction of sp³-hybridized carbons (Fsp3) is 0.786. The van der Waals surface area contributed by atoms with E-state index in [9.17, 15) is 14.4 Å². The largest absolute Gasteiger partial charge is 0.294 e. The van der Waals surface area contributed by atoms with E-state index in [-0.39, 0.29) is 0 Å². The first-order chi connectivity index (χ1) is 8.60. The number of nitrogens with one attached hydrogen (secondary N) is 1. The summed E-state index contributed by atoms with van der Waals surface area (Å²) < 4.78 is 0. The predicted octanol–water partition coefficient (Wildman–Crippen LogP) is 2.21. The van der Waals surface area contributed by atoms with E-state index >= 15 is 0 Å². The van der Waals surface area contributed by atoms with Gasteiger partial charge < -0.3 is 0 Å². The van der Waals surface area contributed by atoms with Crippen molar-refractivity contribution in [3.8, 4) is 0 Å². The third-order valence-electron chi connectivity index (χ3n) is 3.59. The zero-order valence-corrected chi connectivity index (χ0v) is 11.3. The van der Waals surface area contributed by atoms with Gasteiger partial charge in [-0.3, -0.25) is 19.7 Å². The van der Waals surface area contributed by atoms with Crippen LogP contribution >= 0.6 is 0 Å². The van der Waals surface area contributed by atoms with Crippen LogP contribution in [0.5, 0.6) is 0 Å². The summed E-state index contributed by atoms with van der Waals surface area (Å²) in [5.74, 6) is -1.73. The highest BCUT2D eigenvalue weighted by Crippen LogP contribution is 2.23. The van der Waals surface area contributed by atoms with Crippen molar-refractivity contribution in [1.29, 1.82) is 0 Å². The highest BCUT2D eigenvalue weighted by atomic mass is 16.2.